The maximum absolute atomic E-state index is 11.9. The first-order valence-corrected chi connectivity index (χ1v) is 8.72. The van der Waals surface area contributed by atoms with Crippen molar-refractivity contribution >= 4 is 38.8 Å². The van der Waals surface area contributed by atoms with Crippen molar-refractivity contribution in [3.8, 4) is 11.5 Å². The van der Waals surface area contributed by atoms with E-state index in [0.717, 1.165) is 20.8 Å². The fourth-order valence-corrected chi connectivity index (χ4v) is 2.87. The van der Waals surface area contributed by atoms with E-state index in [4.69, 9.17) is 9.47 Å². The molecule has 3 rings (SSSR count). The van der Waals surface area contributed by atoms with Crippen LogP contribution in [0.25, 0.3) is 10.8 Å². The number of carbonyl (C=O) groups is 1. The van der Waals surface area contributed by atoms with Crippen LogP contribution in [0.2, 0.25) is 0 Å². The third kappa shape index (κ3) is 4.40. The number of nitrogens with one attached hydrogen (secondary N) is 1. The minimum Gasteiger partial charge on any atom is -0.496 e. The number of rotatable bonds is 6. The lowest BCUT2D eigenvalue weighted by molar-refractivity contribution is -0.123. The van der Waals surface area contributed by atoms with Crippen LogP contribution in [-0.2, 0) is 4.79 Å². The summed E-state index contributed by atoms with van der Waals surface area (Å²) in [5.74, 6) is 0.946. The zero-order valence-corrected chi connectivity index (χ0v) is 15.7. The Morgan fingerprint density at radius 1 is 1.15 bits per heavy atom. The fourth-order valence-electron chi connectivity index (χ4n) is 2.49. The van der Waals surface area contributed by atoms with E-state index in [2.05, 4.69) is 26.5 Å². The molecule has 6 heteroatoms. The highest BCUT2D eigenvalue weighted by Gasteiger charge is 2.06. The number of fused-ring (bicyclic) bond motifs is 1. The molecule has 3 aromatic rings. The molecule has 1 N–H and O–H groups in total. The summed E-state index contributed by atoms with van der Waals surface area (Å²) >= 11 is 3.35. The van der Waals surface area contributed by atoms with Gasteiger partial charge in [-0.2, -0.15) is 5.10 Å². The lowest BCUT2D eigenvalue weighted by Gasteiger charge is -2.08. The van der Waals surface area contributed by atoms with Gasteiger partial charge in [0.05, 0.1) is 13.3 Å². The molecule has 0 unspecified atom stereocenters. The molecule has 0 bridgehead atoms. The van der Waals surface area contributed by atoms with Gasteiger partial charge in [0, 0.05) is 10.0 Å². The quantitative estimate of drug-likeness (QED) is 0.488. The van der Waals surface area contributed by atoms with Gasteiger partial charge in [0.15, 0.2) is 6.61 Å². The van der Waals surface area contributed by atoms with Crippen molar-refractivity contribution in [1.29, 1.82) is 0 Å². The van der Waals surface area contributed by atoms with Crippen LogP contribution in [0.15, 0.2) is 70.2 Å². The Kier molecular flexibility index (Phi) is 5.86. The van der Waals surface area contributed by atoms with Gasteiger partial charge >= 0.3 is 0 Å². The van der Waals surface area contributed by atoms with Crippen LogP contribution in [0.5, 0.6) is 11.5 Å². The summed E-state index contributed by atoms with van der Waals surface area (Å²) in [6, 6.07) is 19.1. The van der Waals surface area contributed by atoms with Crippen molar-refractivity contribution in [2.24, 2.45) is 5.10 Å². The van der Waals surface area contributed by atoms with Crippen molar-refractivity contribution in [3.63, 3.8) is 0 Å². The summed E-state index contributed by atoms with van der Waals surface area (Å²) in [6.45, 7) is -0.125. The maximum Gasteiger partial charge on any atom is 0.277 e. The number of nitrogens with zero attached hydrogens (tertiary/aromatic N) is 1. The highest BCUT2D eigenvalue weighted by Crippen LogP contribution is 2.26. The Morgan fingerprint density at radius 2 is 2.00 bits per heavy atom. The molecular formula is C20H17BrN2O3. The minimum absolute atomic E-state index is 0.125. The monoisotopic (exact) mass is 412 g/mol. The number of ether oxygens (including phenoxy) is 2. The van der Waals surface area contributed by atoms with Crippen LogP contribution in [0, 0.1) is 0 Å². The molecule has 3 aromatic carbocycles. The Hall–Kier alpha value is -2.86. The highest BCUT2D eigenvalue weighted by atomic mass is 79.9. The second kappa shape index (κ2) is 8.49. The first-order chi connectivity index (χ1) is 12.7. The number of carbonyl (C=O) groups excluding carboxylic acids is 1. The van der Waals surface area contributed by atoms with Crippen LogP contribution in [0.4, 0.5) is 0 Å². The summed E-state index contributed by atoms with van der Waals surface area (Å²) in [5.41, 5.74) is 3.27. The van der Waals surface area contributed by atoms with E-state index in [1.165, 1.54) is 0 Å². The first-order valence-electron chi connectivity index (χ1n) is 7.93. The molecule has 0 atom stereocenters. The van der Waals surface area contributed by atoms with Crippen LogP contribution in [0.3, 0.4) is 0 Å². The van der Waals surface area contributed by atoms with Crippen LogP contribution in [-0.4, -0.2) is 25.8 Å². The number of benzene rings is 3. The number of methoxy groups -OCH3 is 1. The maximum atomic E-state index is 11.9. The molecular weight excluding hydrogens is 396 g/mol. The van der Waals surface area contributed by atoms with E-state index in [1.807, 2.05) is 48.5 Å². The van der Waals surface area contributed by atoms with Gasteiger partial charge in [0.25, 0.3) is 5.91 Å². The van der Waals surface area contributed by atoms with E-state index >= 15 is 0 Å². The minimum atomic E-state index is -0.347. The van der Waals surface area contributed by atoms with E-state index < -0.39 is 0 Å². The van der Waals surface area contributed by atoms with Crippen LogP contribution < -0.4 is 14.9 Å². The van der Waals surface area contributed by atoms with Crippen molar-refractivity contribution in [2.75, 3.05) is 13.7 Å². The average Bonchev–Trinajstić information content (AvgIpc) is 2.66. The zero-order valence-electron chi connectivity index (χ0n) is 14.1. The molecule has 0 aliphatic carbocycles. The van der Waals surface area contributed by atoms with E-state index in [1.54, 1.807) is 25.5 Å². The standard InChI is InChI=1S/C20H17BrN2O3/c1-25-19-10-9-14-5-2-3-8-17(14)18(19)12-22-23-20(24)13-26-16-7-4-6-15(21)11-16/h2-12H,13H2,1H3,(H,23,24). The molecule has 0 radical (unpaired) electrons. The third-order valence-corrected chi connectivity index (χ3v) is 4.19. The summed E-state index contributed by atoms with van der Waals surface area (Å²) in [7, 11) is 1.60. The molecule has 0 aliphatic heterocycles. The molecule has 0 fully saturated rings. The number of hydrogen-bond acceptors (Lipinski definition) is 4. The predicted octanol–water partition coefficient (Wildman–Crippen LogP) is 4.14. The number of hydrazone groups is 1. The molecule has 5 nitrogen and oxygen atoms in total. The SMILES string of the molecule is COc1ccc2ccccc2c1C=NNC(=O)COc1cccc(Br)c1. The Morgan fingerprint density at radius 3 is 2.81 bits per heavy atom. The molecule has 0 saturated carbocycles. The molecule has 0 aromatic heterocycles. The predicted molar refractivity (Wildman–Crippen MR) is 106 cm³/mol. The molecule has 0 heterocycles. The van der Waals surface area contributed by atoms with Gasteiger partial charge in [-0.1, -0.05) is 52.3 Å². The second-order valence-corrected chi connectivity index (χ2v) is 6.36. The number of amides is 1. The summed E-state index contributed by atoms with van der Waals surface area (Å²) in [4.78, 5) is 11.9. The van der Waals surface area contributed by atoms with E-state index in [0.29, 0.717) is 11.5 Å². The van der Waals surface area contributed by atoms with Gasteiger partial charge in [-0.05, 0) is 35.0 Å². The van der Waals surface area contributed by atoms with Gasteiger partial charge in [-0.3, -0.25) is 4.79 Å². The Bertz CT molecular complexity index is 957. The number of halogens is 1. The molecule has 0 aliphatic rings. The molecule has 0 saturated heterocycles. The van der Waals surface area contributed by atoms with Crippen LogP contribution >= 0.6 is 15.9 Å². The molecule has 132 valence electrons. The lowest BCUT2D eigenvalue weighted by atomic mass is 10.0. The highest BCUT2D eigenvalue weighted by molar-refractivity contribution is 9.10. The average molecular weight is 413 g/mol. The van der Waals surface area contributed by atoms with E-state index in [-0.39, 0.29) is 12.5 Å². The topological polar surface area (TPSA) is 59.9 Å². The Labute approximate surface area is 159 Å². The van der Waals surface area contributed by atoms with Gasteiger partial charge in [0.2, 0.25) is 0 Å². The third-order valence-electron chi connectivity index (χ3n) is 3.70. The van der Waals surface area contributed by atoms with Crippen molar-refractivity contribution in [2.45, 2.75) is 0 Å². The number of hydrogen-bond donors (Lipinski definition) is 1. The Balaban J connectivity index is 1.66. The molecule has 26 heavy (non-hydrogen) atoms. The van der Waals surface area contributed by atoms with Gasteiger partial charge in [-0.25, -0.2) is 5.43 Å². The fraction of sp³-hybridized carbons (Fsp3) is 0.100. The smallest absolute Gasteiger partial charge is 0.277 e. The van der Waals surface area contributed by atoms with Crippen molar-refractivity contribution in [1.82, 2.24) is 5.43 Å². The van der Waals surface area contributed by atoms with Crippen LogP contribution in [0.1, 0.15) is 5.56 Å². The zero-order chi connectivity index (χ0) is 18.4. The summed E-state index contributed by atoms with van der Waals surface area (Å²) in [6.07, 6.45) is 1.58. The summed E-state index contributed by atoms with van der Waals surface area (Å²) < 4.78 is 11.7. The largest absolute Gasteiger partial charge is 0.496 e. The van der Waals surface area contributed by atoms with Crippen molar-refractivity contribution in [3.05, 3.63) is 70.7 Å². The molecule has 0 spiro atoms. The van der Waals surface area contributed by atoms with Gasteiger partial charge in [0.1, 0.15) is 11.5 Å². The van der Waals surface area contributed by atoms with Gasteiger partial charge in [-0.15, -0.1) is 0 Å². The summed E-state index contributed by atoms with van der Waals surface area (Å²) in [5, 5.41) is 6.10. The van der Waals surface area contributed by atoms with E-state index in [9.17, 15) is 4.79 Å². The first kappa shape index (κ1) is 17.9. The lowest BCUT2D eigenvalue weighted by Crippen LogP contribution is -2.24. The second-order valence-electron chi connectivity index (χ2n) is 5.44. The molecule has 1 amide bonds. The normalized spacial score (nSPS) is 10.8. The van der Waals surface area contributed by atoms with Crippen molar-refractivity contribution < 1.29 is 14.3 Å². The van der Waals surface area contributed by atoms with Gasteiger partial charge < -0.3 is 9.47 Å².